The number of carbonyl (C=O) groups excluding carboxylic acids is 6. The van der Waals surface area contributed by atoms with Gasteiger partial charge in [-0.15, -0.1) is 0 Å². The fourth-order valence-electron chi connectivity index (χ4n) is 7.04. The molecule has 3 aromatic rings. The summed E-state index contributed by atoms with van der Waals surface area (Å²) in [6.45, 7) is 32.3. The first kappa shape index (κ1) is 83.6. The topological polar surface area (TPSA) is 163 Å². The van der Waals surface area contributed by atoms with Gasteiger partial charge >= 0.3 is 0 Å². The van der Waals surface area contributed by atoms with E-state index in [-0.39, 0.29) is 0 Å². The molecule has 9 heteroatoms. The summed E-state index contributed by atoms with van der Waals surface area (Å²) in [5.74, 6) is 2.29. The van der Waals surface area contributed by atoms with Gasteiger partial charge in [0.05, 0.1) is 0 Å². The number of rotatable bonds is 23. The summed E-state index contributed by atoms with van der Waals surface area (Å²) < 4.78 is 0. The maximum atomic E-state index is 8.00. The Hall–Kier alpha value is -4.44. The maximum absolute atomic E-state index is 8.00. The number of benzene rings is 3. The van der Waals surface area contributed by atoms with Gasteiger partial charge in [-0.1, -0.05) is 227 Å². The van der Waals surface area contributed by atoms with Crippen molar-refractivity contribution in [3.63, 3.8) is 0 Å². The fraction of sp³-hybridized carbons (Fsp3) is 0.593. The van der Waals surface area contributed by atoms with E-state index >= 15 is 0 Å². The van der Waals surface area contributed by atoms with Gasteiger partial charge < -0.3 is 44.1 Å². The van der Waals surface area contributed by atoms with E-state index in [9.17, 15) is 0 Å². The molecule has 0 fully saturated rings. The van der Waals surface area contributed by atoms with E-state index in [0.717, 1.165) is 39.1 Å². The molecule has 0 aromatic heterocycles. The van der Waals surface area contributed by atoms with Crippen LogP contribution in [0.4, 0.5) is 0 Å². The highest BCUT2D eigenvalue weighted by molar-refractivity contribution is 5.26. The van der Waals surface area contributed by atoms with Crippen molar-refractivity contribution in [3.8, 4) is 0 Å². The van der Waals surface area contributed by atoms with Crippen LogP contribution in [0.5, 0.6) is 0 Å². The summed E-state index contributed by atoms with van der Waals surface area (Å²) in [4.78, 5) is 48.0. The fourth-order valence-corrected chi connectivity index (χ4v) is 7.04. The summed E-state index contributed by atoms with van der Waals surface area (Å²) in [5, 5.41) is 21.0. The second-order valence-electron chi connectivity index (χ2n) is 15.5. The number of hydrogen-bond donors (Lipinski definition) is 3. The molecular formula is C59H106O9. The van der Waals surface area contributed by atoms with Crippen LogP contribution in [-0.2, 0) is 28.8 Å². The van der Waals surface area contributed by atoms with Gasteiger partial charge in [0.1, 0.15) is 40.7 Å². The van der Waals surface area contributed by atoms with Gasteiger partial charge in [-0.2, -0.15) is 0 Å². The SMILES string of the molecule is C=O.C=O.C=O.C=O.C=O.C=O.CCCCCCC(C)c1ccc(C)cc1.CCCCCCCC(CC)c1ccc(C)cc1.CCCCCCCC(CCC)c1ccc(C)cc1.CO.CO.CO. The highest BCUT2D eigenvalue weighted by atomic mass is 16.2. The molecule has 0 aliphatic rings. The van der Waals surface area contributed by atoms with E-state index < -0.39 is 0 Å². The molecule has 0 bridgehead atoms. The lowest BCUT2D eigenvalue weighted by Gasteiger charge is -2.17. The largest absolute Gasteiger partial charge is 0.400 e. The highest BCUT2D eigenvalue weighted by Gasteiger charge is 2.10. The smallest absolute Gasteiger partial charge is 0.106 e. The third-order valence-corrected chi connectivity index (χ3v) is 10.7. The third-order valence-electron chi connectivity index (χ3n) is 10.7. The molecule has 0 amide bonds. The standard InChI is InChI=1S/C18H30.C17H28.C15H24.3CH4O.6CH2O/c1-4-6-7-8-9-11-17(10-5-2)18-14-12-16(3)13-15-18;1-4-6-7-8-9-10-16(5-2)17-13-11-15(3)12-14-17;1-4-5-6-7-8-14(3)15-11-9-13(2)10-12-15;9*1-2/h12-15,17H,4-11H2,1-3H3;11-14,16H,4-10H2,1-3H3;9-12,14H,4-8H2,1-3H3;3*2H,1H3;6*1H2. The molecule has 3 atom stereocenters. The van der Waals surface area contributed by atoms with Crippen LogP contribution in [0.1, 0.15) is 221 Å². The second-order valence-corrected chi connectivity index (χ2v) is 15.5. The Morgan fingerprint density at radius 2 is 0.574 bits per heavy atom. The van der Waals surface area contributed by atoms with Crippen molar-refractivity contribution >= 4 is 40.7 Å². The summed E-state index contributed by atoms with van der Waals surface area (Å²) in [6, 6.07) is 27.3. The molecule has 3 aromatic carbocycles. The van der Waals surface area contributed by atoms with Gasteiger partial charge in [0, 0.05) is 21.3 Å². The minimum atomic E-state index is 0.724. The Kier molecular flexibility index (Phi) is 97.9. The quantitative estimate of drug-likeness (QED) is 0.0785. The van der Waals surface area contributed by atoms with E-state index in [4.69, 9.17) is 44.1 Å². The molecule has 0 saturated carbocycles. The molecule has 396 valence electrons. The van der Waals surface area contributed by atoms with Crippen molar-refractivity contribution < 1.29 is 44.1 Å². The lowest BCUT2D eigenvalue weighted by atomic mass is 9.89. The first-order valence-electron chi connectivity index (χ1n) is 24.6. The number of hydrogen-bond acceptors (Lipinski definition) is 9. The van der Waals surface area contributed by atoms with Crippen LogP contribution in [0.25, 0.3) is 0 Å². The lowest BCUT2D eigenvalue weighted by Crippen LogP contribution is -1.99. The number of carbonyl (C=O) groups is 6. The third kappa shape index (κ3) is 57.7. The summed E-state index contributed by atoms with van der Waals surface area (Å²) in [7, 11) is 3.00. The summed E-state index contributed by atoms with van der Waals surface area (Å²) >= 11 is 0. The van der Waals surface area contributed by atoms with Gasteiger partial charge in [-0.3, -0.25) is 0 Å². The molecule has 3 N–H and O–H groups in total. The van der Waals surface area contributed by atoms with Crippen LogP contribution < -0.4 is 0 Å². The molecule has 9 nitrogen and oxygen atoms in total. The number of unbranched alkanes of at least 4 members (excludes halogenated alkanes) is 11. The predicted molar refractivity (Wildman–Crippen MR) is 295 cm³/mol. The van der Waals surface area contributed by atoms with E-state index in [2.05, 4.69) is 135 Å². The van der Waals surface area contributed by atoms with Gasteiger partial charge in [-0.25, -0.2) is 0 Å². The zero-order valence-electron chi connectivity index (χ0n) is 45.8. The molecule has 0 aliphatic heterocycles. The van der Waals surface area contributed by atoms with Crippen LogP contribution in [0.2, 0.25) is 0 Å². The van der Waals surface area contributed by atoms with Crippen molar-refractivity contribution in [1.82, 2.24) is 0 Å². The van der Waals surface area contributed by atoms with Crippen molar-refractivity contribution in [2.75, 3.05) is 21.3 Å². The minimum Gasteiger partial charge on any atom is -0.400 e. The molecule has 3 unspecified atom stereocenters. The minimum absolute atomic E-state index is 0.724. The summed E-state index contributed by atoms with van der Waals surface area (Å²) in [5.41, 5.74) is 8.68. The van der Waals surface area contributed by atoms with E-state index in [1.807, 2.05) is 40.7 Å². The molecule has 3 rings (SSSR count). The Bertz CT molecular complexity index is 1260. The van der Waals surface area contributed by atoms with Gasteiger partial charge in [0.15, 0.2) is 0 Å². The van der Waals surface area contributed by atoms with Crippen LogP contribution in [0.3, 0.4) is 0 Å². The van der Waals surface area contributed by atoms with Crippen LogP contribution in [0, 0.1) is 20.8 Å². The molecule has 0 aliphatic carbocycles. The monoisotopic (exact) mass is 959 g/mol. The zero-order chi connectivity index (χ0) is 54.8. The molecule has 68 heavy (non-hydrogen) atoms. The zero-order valence-corrected chi connectivity index (χ0v) is 45.8. The number of aryl methyl sites for hydroxylation is 3. The molecule has 0 spiro atoms. The molecular weight excluding hydrogens is 853 g/mol. The van der Waals surface area contributed by atoms with Crippen molar-refractivity contribution in [1.29, 1.82) is 0 Å². The van der Waals surface area contributed by atoms with E-state index in [1.54, 1.807) is 5.56 Å². The van der Waals surface area contributed by atoms with Gasteiger partial charge in [-0.05, 0) is 87.3 Å². The average Bonchev–Trinajstić information content (AvgIpc) is 3.42. The van der Waals surface area contributed by atoms with Crippen LogP contribution >= 0.6 is 0 Å². The maximum Gasteiger partial charge on any atom is 0.106 e. The first-order valence-corrected chi connectivity index (χ1v) is 24.6. The Balaban J connectivity index is -0.0000000938. The van der Waals surface area contributed by atoms with Crippen molar-refractivity contribution in [3.05, 3.63) is 106 Å². The average molecular weight is 959 g/mol. The first-order chi connectivity index (χ1) is 33.3. The number of aliphatic hydroxyl groups is 3. The predicted octanol–water partition coefficient (Wildman–Crippen LogP) is 14.9. The number of aliphatic hydroxyl groups excluding tert-OH is 3. The Morgan fingerprint density at radius 1 is 0.324 bits per heavy atom. The molecule has 0 heterocycles. The molecule has 0 radical (unpaired) electrons. The summed E-state index contributed by atoms with van der Waals surface area (Å²) in [6.07, 6.45) is 27.4. The van der Waals surface area contributed by atoms with Crippen LogP contribution in [-0.4, -0.2) is 77.4 Å². The van der Waals surface area contributed by atoms with Gasteiger partial charge in [0.2, 0.25) is 0 Å². The Morgan fingerprint density at radius 3 is 0.868 bits per heavy atom. The van der Waals surface area contributed by atoms with Crippen molar-refractivity contribution in [2.45, 2.75) is 208 Å². The highest BCUT2D eigenvalue weighted by Crippen LogP contribution is 2.28. The van der Waals surface area contributed by atoms with Gasteiger partial charge in [0.25, 0.3) is 0 Å². The lowest BCUT2D eigenvalue weighted by molar-refractivity contribution is -0.0987. The Labute approximate surface area is 419 Å². The van der Waals surface area contributed by atoms with E-state index in [1.165, 1.54) is 156 Å². The normalized spacial score (nSPS) is 9.93. The van der Waals surface area contributed by atoms with Crippen LogP contribution in [0.15, 0.2) is 72.8 Å². The van der Waals surface area contributed by atoms with E-state index in [0.29, 0.717) is 0 Å². The second kappa shape index (κ2) is 79.6. The molecule has 0 saturated heterocycles. The van der Waals surface area contributed by atoms with Crippen molar-refractivity contribution in [2.24, 2.45) is 0 Å².